The van der Waals surface area contributed by atoms with E-state index in [1.54, 1.807) is 0 Å². The number of carbonyl (C=O) groups is 1. The van der Waals surface area contributed by atoms with Crippen LogP contribution in [0.1, 0.15) is 82.4 Å². The van der Waals surface area contributed by atoms with Crippen LogP contribution in [0.4, 0.5) is 0 Å². The van der Waals surface area contributed by atoms with Crippen molar-refractivity contribution in [3.63, 3.8) is 0 Å². The lowest BCUT2D eigenvalue weighted by molar-refractivity contribution is 0.0712. The van der Waals surface area contributed by atoms with E-state index in [-0.39, 0.29) is 5.91 Å². The van der Waals surface area contributed by atoms with Crippen LogP contribution in [-0.4, -0.2) is 39.1 Å². The average Bonchev–Trinajstić information content (AvgIpc) is 3.19. The minimum atomic E-state index is 0.141. The predicted octanol–water partition coefficient (Wildman–Crippen LogP) is 5.68. The molecule has 32 heavy (non-hydrogen) atoms. The van der Waals surface area contributed by atoms with E-state index < -0.39 is 0 Å². The minimum absolute atomic E-state index is 0.141. The summed E-state index contributed by atoms with van der Waals surface area (Å²) in [6.07, 6.45) is 5.72. The van der Waals surface area contributed by atoms with Crippen molar-refractivity contribution >= 4 is 5.91 Å². The number of amides is 1. The van der Waals surface area contributed by atoms with Gasteiger partial charge in [-0.25, -0.2) is 0 Å². The van der Waals surface area contributed by atoms with E-state index in [0.29, 0.717) is 11.8 Å². The Morgan fingerprint density at radius 2 is 1.66 bits per heavy atom. The molecule has 5 nitrogen and oxygen atoms in total. The Hall–Kier alpha value is -2.95. The number of hydrogen-bond donors (Lipinski definition) is 1. The fraction of sp³-hybridized carbons (Fsp3) is 0.444. The van der Waals surface area contributed by atoms with Gasteiger partial charge >= 0.3 is 0 Å². The van der Waals surface area contributed by atoms with Crippen molar-refractivity contribution in [3.05, 3.63) is 70.0 Å². The molecule has 0 atom stereocenters. The maximum atomic E-state index is 13.5. The summed E-state index contributed by atoms with van der Waals surface area (Å²) in [5.74, 6) is 2.81. The molecule has 1 aromatic heterocycles. The summed E-state index contributed by atoms with van der Waals surface area (Å²) >= 11 is 0. The van der Waals surface area contributed by atoms with Gasteiger partial charge in [0, 0.05) is 24.2 Å². The smallest absolute Gasteiger partial charge is 0.254 e. The molecular weight excluding hydrogens is 396 g/mol. The van der Waals surface area contributed by atoms with Crippen molar-refractivity contribution in [1.82, 2.24) is 20.1 Å². The molecule has 1 aliphatic heterocycles. The lowest BCUT2D eigenvalue weighted by atomic mass is 9.77. The van der Waals surface area contributed by atoms with Crippen LogP contribution in [0.15, 0.2) is 36.4 Å². The van der Waals surface area contributed by atoms with Crippen LogP contribution >= 0.6 is 0 Å². The molecule has 1 saturated heterocycles. The summed E-state index contributed by atoms with van der Waals surface area (Å²) in [6, 6.07) is 13.2. The van der Waals surface area contributed by atoms with E-state index in [1.807, 2.05) is 11.8 Å². The fourth-order valence-corrected chi connectivity index (χ4v) is 5.12. The minimum Gasteiger partial charge on any atom is -0.339 e. The number of aromatic amines is 1. The van der Waals surface area contributed by atoms with E-state index in [4.69, 9.17) is 0 Å². The van der Waals surface area contributed by atoms with E-state index >= 15 is 0 Å². The van der Waals surface area contributed by atoms with E-state index in [9.17, 15) is 4.79 Å². The standard InChI is InChI=1S/C27H32N4O/c1-17-7-9-20(10-8-17)21-11-13-31(14-12-21)27(32)23-16-25(26-28-19(3)29-30-26)24(15-18(23)2)22-5-4-6-22/h7-10,15-16,21-22H,4-6,11-14H2,1-3H3,(H,28,29,30). The number of aryl methyl sites for hydroxylation is 3. The number of carbonyl (C=O) groups excluding carboxylic acids is 1. The number of H-pyrrole nitrogens is 1. The first-order chi connectivity index (χ1) is 15.5. The molecule has 2 fully saturated rings. The first-order valence-corrected chi connectivity index (χ1v) is 11.9. The Labute approximate surface area is 190 Å². The molecule has 1 saturated carbocycles. The maximum Gasteiger partial charge on any atom is 0.254 e. The van der Waals surface area contributed by atoms with E-state index in [0.717, 1.165) is 54.3 Å². The second kappa shape index (κ2) is 8.53. The largest absolute Gasteiger partial charge is 0.339 e. The van der Waals surface area contributed by atoms with Gasteiger partial charge in [-0.15, -0.1) is 10.2 Å². The number of hydrogen-bond acceptors (Lipinski definition) is 3. The molecule has 3 aromatic rings. The second-order valence-electron chi connectivity index (χ2n) is 9.62. The number of aromatic nitrogens is 3. The second-order valence-corrected chi connectivity index (χ2v) is 9.62. The Bertz CT molecular complexity index is 1120. The van der Waals surface area contributed by atoms with Crippen molar-refractivity contribution < 1.29 is 4.79 Å². The number of benzene rings is 2. The van der Waals surface area contributed by atoms with Gasteiger partial charge in [-0.3, -0.25) is 4.79 Å². The molecule has 0 unspecified atom stereocenters. The highest BCUT2D eigenvalue weighted by molar-refractivity contribution is 5.97. The van der Waals surface area contributed by atoms with Gasteiger partial charge in [-0.05, 0) is 81.0 Å². The highest BCUT2D eigenvalue weighted by Crippen LogP contribution is 2.42. The van der Waals surface area contributed by atoms with Crippen LogP contribution in [-0.2, 0) is 0 Å². The summed E-state index contributed by atoms with van der Waals surface area (Å²) in [7, 11) is 0. The number of nitrogens with zero attached hydrogens (tertiary/aromatic N) is 3. The molecule has 0 radical (unpaired) electrons. The monoisotopic (exact) mass is 428 g/mol. The zero-order valence-electron chi connectivity index (χ0n) is 19.3. The highest BCUT2D eigenvalue weighted by atomic mass is 16.2. The lowest BCUT2D eigenvalue weighted by Crippen LogP contribution is -2.38. The van der Waals surface area contributed by atoms with Gasteiger partial charge in [-0.2, -0.15) is 0 Å². The molecule has 166 valence electrons. The fourth-order valence-electron chi connectivity index (χ4n) is 5.12. The number of rotatable bonds is 4. The average molecular weight is 429 g/mol. The van der Waals surface area contributed by atoms with Gasteiger partial charge in [-0.1, -0.05) is 42.3 Å². The van der Waals surface area contributed by atoms with Crippen molar-refractivity contribution in [2.45, 2.75) is 64.7 Å². The summed E-state index contributed by atoms with van der Waals surface area (Å²) in [5, 5.41) is 8.51. The van der Waals surface area contributed by atoms with Crippen molar-refractivity contribution in [1.29, 1.82) is 0 Å². The lowest BCUT2D eigenvalue weighted by Gasteiger charge is -2.33. The third kappa shape index (κ3) is 3.96. The number of piperidine rings is 1. The molecule has 0 spiro atoms. The zero-order chi connectivity index (χ0) is 22.2. The summed E-state index contributed by atoms with van der Waals surface area (Å²) in [5.41, 5.74) is 6.90. The Morgan fingerprint density at radius 1 is 0.938 bits per heavy atom. The van der Waals surface area contributed by atoms with E-state index in [2.05, 4.69) is 65.4 Å². The number of likely N-dealkylation sites (tertiary alicyclic amines) is 1. The molecule has 2 aromatic carbocycles. The first kappa shape index (κ1) is 20.9. The van der Waals surface area contributed by atoms with Gasteiger partial charge in [0.2, 0.25) is 0 Å². The third-order valence-corrected chi connectivity index (χ3v) is 7.36. The van der Waals surface area contributed by atoms with Crippen LogP contribution < -0.4 is 0 Å². The molecule has 5 rings (SSSR count). The van der Waals surface area contributed by atoms with Crippen LogP contribution in [0.25, 0.3) is 11.4 Å². The normalized spacial score (nSPS) is 17.4. The molecule has 2 heterocycles. The molecule has 1 amide bonds. The van der Waals surface area contributed by atoms with Gasteiger partial charge in [0.1, 0.15) is 5.82 Å². The van der Waals surface area contributed by atoms with Crippen LogP contribution in [0, 0.1) is 20.8 Å². The van der Waals surface area contributed by atoms with Crippen molar-refractivity contribution in [3.8, 4) is 11.4 Å². The van der Waals surface area contributed by atoms with Gasteiger partial charge in [0.15, 0.2) is 5.82 Å². The zero-order valence-corrected chi connectivity index (χ0v) is 19.3. The number of nitrogens with one attached hydrogen (secondary N) is 1. The summed E-state index contributed by atoms with van der Waals surface area (Å²) < 4.78 is 0. The van der Waals surface area contributed by atoms with Crippen LogP contribution in [0.2, 0.25) is 0 Å². The van der Waals surface area contributed by atoms with Crippen molar-refractivity contribution in [2.75, 3.05) is 13.1 Å². The molecule has 5 heteroatoms. The Kier molecular flexibility index (Phi) is 5.58. The Morgan fingerprint density at radius 3 is 2.25 bits per heavy atom. The highest BCUT2D eigenvalue weighted by Gasteiger charge is 2.29. The van der Waals surface area contributed by atoms with Crippen LogP contribution in [0.5, 0.6) is 0 Å². The molecular formula is C27H32N4O. The topological polar surface area (TPSA) is 61.9 Å². The van der Waals surface area contributed by atoms with E-state index in [1.165, 1.54) is 36.0 Å². The van der Waals surface area contributed by atoms with Crippen LogP contribution in [0.3, 0.4) is 0 Å². The summed E-state index contributed by atoms with van der Waals surface area (Å²) in [6.45, 7) is 7.72. The molecule has 1 aliphatic carbocycles. The van der Waals surface area contributed by atoms with Gasteiger partial charge < -0.3 is 9.88 Å². The molecule has 0 bridgehead atoms. The first-order valence-electron chi connectivity index (χ1n) is 11.9. The molecule has 2 aliphatic rings. The predicted molar refractivity (Wildman–Crippen MR) is 127 cm³/mol. The van der Waals surface area contributed by atoms with Crippen molar-refractivity contribution in [2.24, 2.45) is 0 Å². The van der Waals surface area contributed by atoms with Gasteiger partial charge in [0.05, 0.1) is 0 Å². The third-order valence-electron chi connectivity index (χ3n) is 7.36. The Balaban J connectivity index is 1.38. The molecule has 1 N–H and O–H groups in total. The maximum absolute atomic E-state index is 13.5. The quantitative estimate of drug-likeness (QED) is 0.581. The van der Waals surface area contributed by atoms with Gasteiger partial charge in [0.25, 0.3) is 5.91 Å². The summed E-state index contributed by atoms with van der Waals surface area (Å²) in [4.78, 5) is 18.9. The SMILES string of the molecule is Cc1ccc(C2CCN(C(=O)c3cc(-c4nnc(C)[nH]4)c(C4CCC4)cc3C)CC2)cc1.